The Balaban J connectivity index is 3.60. The Bertz CT molecular complexity index is 181. The minimum atomic E-state index is 0.275. The van der Waals surface area contributed by atoms with E-state index < -0.39 is 0 Å². The van der Waals surface area contributed by atoms with E-state index in [1.807, 2.05) is 18.7 Å². The molecule has 0 saturated heterocycles. The van der Waals surface area contributed by atoms with Crippen molar-refractivity contribution >= 4 is 5.91 Å². The van der Waals surface area contributed by atoms with Crippen molar-refractivity contribution in [1.29, 1.82) is 0 Å². The lowest BCUT2D eigenvalue weighted by Gasteiger charge is -2.20. The molecule has 96 valence electrons. The number of carbonyl (C=O) groups is 1. The highest BCUT2D eigenvalue weighted by molar-refractivity contribution is 5.76. The van der Waals surface area contributed by atoms with Gasteiger partial charge >= 0.3 is 0 Å². The lowest BCUT2D eigenvalue weighted by atomic mass is 10.2. The van der Waals surface area contributed by atoms with E-state index >= 15 is 0 Å². The number of rotatable bonds is 9. The third-order valence-electron chi connectivity index (χ3n) is 2.79. The van der Waals surface area contributed by atoms with Crippen molar-refractivity contribution in [2.24, 2.45) is 5.73 Å². The topological polar surface area (TPSA) is 49.6 Å². The van der Waals surface area contributed by atoms with E-state index in [-0.39, 0.29) is 5.91 Å². The molecule has 2 N–H and O–H groups in total. The van der Waals surface area contributed by atoms with Gasteiger partial charge < -0.3 is 15.5 Å². The first kappa shape index (κ1) is 15.4. The predicted octanol–water partition coefficient (Wildman–Crippen LogP) is 0.916. The molecule has 0 atom stereocenters. The molecule has 4 nitrogen and oxygen atoms in total. The van der Waals surface area contributed by atoms with Crippen LogP contribution < -0.4 is 5.73 Å². The molecule has 0 aromatic carbocycles. The first-order valence-corrected chi connectivity index (χ1v) is 6.32. The number of hydrogen-bond donors (Lipinski definition) is 1. The van der Waals surface area contributed by atoms with E-state index in [0.29, 0.717) is 6.42 Å². The van der Waals surface area contributed by atoms with Crippen LogP contribution in [-0.4, -0.2) is 55.5 Å². The SMILES string of the molecule is CCN(CC)C(=O)CCCN(C)CCCN. The van der Waals surface area contributed by atoms with Crippen molar-refractivity contribution in [3.05, 3.63) is 0 Å². The summed E-state index contributed by atoms with van der Waals surface area (Å²) in [6.45, 7) is 8.42. The smallest absolute Gasteiger partial charge is 0.222 e. The highest BCUT2D eigenvalue weighted by Gasteiger charge is 2.09. The molecule has 0 unspecified atom stereocenters. The molecule has 0 radical (unpaired) electrons. The van der Waals surface area contributed by atoms with Crippen LogP contribution in [0.15, 0.2) is 0 Å². The van der Waals surface area contributed by atoms with Crippen LogP contribution in [-0.2, 0) is 4.79 Å². The summed E-state index contributed by atoms with van der Waals surface area (Å²) in [5.41, 5.74) is 5.44. The fourth-order valence-electron chi connectivity index (χ4n) is 1.71. The monoisotopic (exact) mass is 229 g/mol. The van der Waals surface area contributed by atoms with E-state index in [1.54, 1.807) is 0 Å². The van der Waals surface area contributed by atoms with E-state index in [4.69, 9.17) is 5.73 Å². The fraction of sp³-hybridized carbons (Fsp3) is 0.917. The maximum atomic E-state index is 11.7. The van der Waals surface area contributed by atoms with Crippen LogP contribution in [0.2, 0.25) is 0 Å². The van der Waals surface area contributed by atoms with Gasteiger partial charge in [0.15, 0.2) is 0 Å². The van der Waals surface area contributed by atoms with Crippen LogP contribution in [0.5, 0.6) is 0 Å². The zero-order valence-corrected chi connectivity index (χ0v) is 11.0. The maximum Gasteiger partial charge on any atom is 0.222 e. The largest absolute Gasteiger partial charge is 0.343 e. The van der Waals surface area contributed by atoms with Gasteiger partial charge in [0, 0.05) is 19.5 Å². The van der Waals surface area contributed by atoms with Crippen molar-refractivity contribution in [3.8, 4) is 0 Å². The summed E-state index contributed by atoms with van der Waals surface area (Å²) in [6, 6.07) is 0. The van der Waals surface area contributed by atoms with Crippen LogP contribution >= 0.6 is 0 Å². The molecule has 0 aliphatic carbocycles. The molecule has 1 amide bonds. The zero-order valence-electron chi connectivity index (χ0n) is 11.0. The molecule has 0 bridgehead atoms. The standard InChI is InChI=1S/C12H27N3O/c1-4-15(5-2)12(16)8-6-10-14(3)11-7-9-13/h4-11,13H2,1-3H3. The molecule has 0 spiro atoms. The molecule has 16 heavy (non-hydrogen) atoms. The van der Waals surface area contributed by atoms with Gasteiger partial charge in [0.25, 0.3) is 0 Å². The predicted molar refractivity (Wildman–Crippen MR) is 68.3 cm³/mol. The molecule has 0 aliphatic rings. The Morgan fingerprint density at radius 1 is 1.12 bits per heavy atom. The van der Waals surface area contributed by atoms with Gasteiger partial charge in [-0.1, -0.05) is 0 Å². The highest BCUT2D eigenvalue weighted by atomic mass is 16.2. The van der Waals surface area contributed by atoms with Crippen molar-refractivity contribution in [2.45, 2.75) is 33.1 Å². The summed E-state index contributed by atoms with van der Waals surface area (Å²) in [4.78, 5) is 15.8. The molecule has 0 aromatic rings. The Hall–Kier alpha value is -0.610. The van der Waals surface area contributed by atoms with Crippen LogP contribution in [0, 0.1) is 0 Å². The summed E-state index contributed by atoms with van der Waals surface area (Å²) < 4.78 is 0. The third-order valence-corrected chi connectivity index (χ3v) is 2.79. The van der Waals surface area contributed by atoms with Gasteiger partial charge in [-0.05, 0) is 53.4 Å². The molecule has 0 aromatic heterocycles. The first-order chi connectivity index (χ1) is 7.65. The van der Waals surface area contributed by atoms with Gasteiger partial charge in [0.2, 0.25) is 5.91 Å². The summed E-state index contributed by atoms with van der Waals surface area (Å²) in [6.07, 6.45) is 2.63. The maximum absolute atomic E-state index is 11.7. The van der Waals surface area contributed by atoms with Gasteiger partial charge in [0.1, 0.15) is 0 Å². The van der Waals surface area contributed by atoms with Crippen LogP contribution in [0.3, 0.4) is 0 Å². The van der Waals surface area contributed by atoms with Gasteiger partial charge in [-0.2, -0.15) is 0 Å². The quantitative estimate of drug-likeness (QED) is 0.639. The average molecular weight is 229 g/mol. The molecular weight excluding hydrogens is 202 g/mol. The number of carbonyl (C=O) groups excluding carboxylic acids is 1. The first-order valence-electron chi connectivity index (χ1n) is 6.32. The number of amides is 1. The van der Waals surface area contributed by atoms with Crippen LogP contribution in [0.25, 0.3) is 0 Å². The number of hydrogen-bond acceptors (Lipinski definition) is 3. The van der Waals surface area contributed by atoms with E-state index in [1.165, 1.54) is 0 Å². The average Bonchev–Trinajstić information content (AvgIpc) is 2.28. The van der Waals surface area contributed by atoms with Gasteiger partial charge in [-0.25, -0.2) is 0 Å². The summed E-state index contributed by atoms with van der Waals surface area (Å²) in [7, 11) is 2.08. The minimum Gasteiger partial charge on any atom is -0.343 e. The van der Waals surface area contributed by atoms with Gasteiger partial charge in [-0.3, -0.25) is 4.79 Å². The minimum absolute atomic E-state index is 0.275. The molecular formula is C12H27N3O. The molecule has 0 heterocycles. The Morgan fingerprint density at radius 3 is 2.19 bits per heavy atom. The summed E-state index contributed by atoms with van der Waals surface area (Å²) in [5.74, 6) is 0.275. The van der Waals surface area contributed by atoms with Crippen molar-refractivity contribution < 1.29 is 4.79 Å². The Kier molecular flexibility index (Phi) is 9.24. The van der Waals surface area contributed by atoms with Crippen LogP contribution in [0.4, 0.5) is 0 Å². The lowest BCUT2D eigenvalue weighted by molar-refractivity contribution is -0.130. The van der Waals surface area contributed by atoms with Crippen molar-refractivity contribution in [1.82, 2.24) is 9.80 Å². The van der Waals surface area contributed by atoms with Gasteiger partial charge in [0.05, 0.1) is 0 Å². The van der Waals surface area contributed by atoms with Gasteiger partial charge in [-0.15, -0.1) is 0 Å². The summed E-state index contributed by atoms with van der Waals surface area (Å²) in [5, 5.41) is 0. The molecule has 0 rings (SSSR count). The van der Waals surface area contributed by atoms with E-state index in [2.05, 4.69) is 11.9 Å². The Morgan fingerprint density at radius 2 is 1.69 bits per heavy atom. The van der Waals surface area contributed by atoms with Crippen molar-refractivity contribution in [2.75, 3.05) is 39.8 Å². The zero-order chi connectivity index (χ0) is 12.4. The molecule has 0 fully saturated rings. The molecule has 0 aliphatic heterocycles. The fourth-order valence-corrected chi connectivity index (χ4v) is 1.71. The van der Waals surface area contributed by atoms with Crippen LogP contribution in [0.1, 0.15) is 33.1 Å². The van der Waals surface area contributed by atoms with Crippen molar-refractivity contribution in [3.63, 3.8) is 0 Å². The third kappa shape index (κ3) is 6.80. The second-order valence-corrected chi connectivity index (χ2v) is 4.12. The van der Waals surface area contributed by atoms with E-state index in [9.17, 15) is 4.79 Å². The molecule has 4 heteroatoms. The second-order valence-electron chi connectivity index (χ2n) is 4.12. The lowest BCUT2D eigenvalue weighted by Crippen LogP contribution is -2.31. The molecule has 0 saturated carbocycles. The highest BCUT2D eigenvalue weighted by Crippen LogP contribution is 1.99. The number of nitrogens with zero attached hydrogens (tertiary/aromatic N) is 2. The van der Waals surface area contributed by atoms with E-state index in [0.717, 1.165) is 45.6 Å². The Labute approximate surface area is 99.8 Å². The second kappa shape index (κ2) is 9.60. The number of nitrogens with two attached hydrogens (primary N) is 1. The summed E-state index contributed by atoms with van der Waals surface area (Å²) >= 11 is 0. The normalized spacial score (nSPS) is 10.8.